The van der Waals surface area contributed by atoms with Crippen molar-refractivity contribution in [2.24, 2.45) is 5.92 Å². The van der Waals surface area contributed by atoms with E-state index in [2.05, 4.69) is 43.3 Å². The average Bonchev–Trinajstić information content (AvgIpc) is 2.42. The highest BCUT2D eigenvalue weighted by Gasteiger charge is 2.04. The number of carbonyl (C=O) groups excluding carboxylic acids is 1. The molecule has 0 aliphatic carbocycles. The Morgan fingerprint density at radius 1 is 1.10 bits per heavy atom. The van der Waals surface area contributed by atoms with Gasteiger partial charge in [0.1, 0.15) is 5.78 Å². The van der Waals surface area contributed by atoms with Crippen LogP contribution in [0.5, 0.6) is 0 Å². The second-order valence-corrected chi connectivity index (χ2v) is 5.82. The van der Waals surface area contributed by atoms with Crippen LogP contribution in [0.1, 0.15) is 64.4 Å². The van der Waals surface area contributed by atoms with Crippen molar-refractivity contribution in [3.8, 4) is 0 Å². The molecule has 20 heavy (non-hydrogen) atoms. The lowest BCUT2D eigenvalue weighted by Gasteiger charge is -2.08. The van der Waals surface area contributed by atoms with Gasteiger partial charge >= 0.3 is 0 Å². The molecule has 0 N–H and O–H groups in total. The summed E-state index contributed by atoms with van der Waals surface area (Å²) in [7, 11) is 0. The third-order valence-electron chi connectivity index (χ3n) is 3.56. The molecular weight excluding hydrogens is 244 g/mol. The fourth-order valence-corrected chi connectivity index (χ4v) is 2.48. The summed E-state index contributed by atoms with van der Waals surface area (Å²) in [5.74, 6) is 0.883. The van der Waals surface area contributed by atoms with Crippen molar-refractivity contribution >= 4 is 11.9 Å². The van der Waals surface area contributed by atoms with Gasteiger partial charge in [0, 0.05) is 6.42 Å². The maximum Gasteiger partial charge on any atom is 0.130 e. The van der Waals surface area contributed by atoms with E-state index < -0.39 is 0 Å². The van der Waals surface area contributed by atoms with Gasteiger partial charge in [-0.05, 0) is 31.2 Å². The highest BCUT2D eigenvalue weighted by atomic mass is 16.1. The maximum atomic E-state index is 11.0. The van der Waals surface area contributed by atoms with Gasteiger partial charge in [-0.15, -0.1) is 0 Å². The average molecular weight is 272 g/mol. The number of unbranched alkanes of at least 4 members (excludes halogenated alkanes) is 4. The van der Waals surface area contributed by atoms with Crippen LogP contribution in [-0.4, -0.2) is 5.78 Å². The Kier molecular flexibility index (Phi) is 8.69. The molecule has 0 heterocycles. The van der Waals surface area contributed by atoms with Gasteiger partial charge in [-0.2, -0.15) is 0 Å². The molecule has 0 fully saturated rings. The fraction of sp³-hybridized carbons (Fsp3) is 0.526. The SMILES string of the molecule is CC(=O)CC(C)CCCCCC/C=C/c1ccccc1. The summed E-state index contributed by atoms with van der Waals surface area (Å²) in [5, 5.41) is 0. The van der Waals surface area contributed by atoms with E-state index in [9.17, 15) is 4.79 Å². The molecule has 1 atom stereocenters. The predicted molar refractivity (Wildman–Crippen MR) is 87.6 cm³/mol. The van der Waals surface area contributed by atoms with E-state index in [1.54, 1.807) is 6.92 Å². The summed E-state index contributed by atoms with van der Waals surface area (Å²) in [5.41, 5.74) is 1.28. The number of ketones is 1. The van der Waals surface area contributed by atoms with Gasteiger partial charge in [0.25, 0.3) is 0 Å². The van der Waals surface area contributed by atoms with Crippen LogP contribution in [0.25, 0.3) is 6.08 Å². The predicted octanol–water partition coefficient (Wildman–Crippen LogP) is 5.66. The van der Waals surface area contributed by atoms with Crippen molar-refractivity contribution in [3.63, 3.8) is 0 Å². The molecular formula is C19H28O. The summed E-state index contributed by atoms with van der Waals surface area (Å²) >= 11 is 0. The number of rotatable bonds is 10. The molecule has 0 bridgehead atoms. The molecule has 110 valence electrons. The van der Waals surface area contributed by atoms with E-state index in [4.69, 9.17) is 0 Å². The van der Waals surface area contributed by atoms with E-state index >= 15 is 0 Å². The molecule has 0 aliphatic rings. The van der Waals surface area contributed by atoms with Crippen LogP contribution in [0.15, 0.2) is 36.4 Å². The van der Waals surface area contributed by atoms with Crippen LogP contribution < -0.4 is 0 Å². The number of hydrogen-bond acceptors (Lipinski definition) is 1. The van der Waals surface area contributed by atoms with Crippen LogP contribution in [0.3, 0.4) is 0 Å². The van der Waals surface area contributed by atoms with Crippen molar-refractivity contribution in [2.75, 3.05) is 0 Å². The lowest BCUT2D eigenvalue weighted by atomic mass is 9.97. The number of allylic oxidation sites excluding steroid dienone is 1. The highest BCUT2D eigenvalue weighted by molar-refractivity contribution is 5.75. The highest BCUT2D eigenvalue weighted by Crippen LogP contribution is 2.14. The van der Waals surface area contributed by atoms with Gasteiger partial charge < -0.3 is 4.79 Å². The molecule has 1 aromatic carbocycles. The first-order chi connectivity index (χ1) is 9.68. The van der Waals surface area contributed by atoms with Crippen molar-refractivity contribution in [2.45, 2.75) is 58.8 Å². The van der Waals surface area contributed by atoms with Gasteiger partial charge in [0.15, 0.2) is 0 Å². The molecule has 0 aliphatic heterocycles. The molecule has 0 radical (unpaired) electrons. The van der Waals surface area contributed by atoms with Gasteiger partial charge in [-0.3, -0.25) is 0 Å². The second kappa shape index (κ2) is 10.4. The minimum Gasteiger partial charge on any atom is -0.300 e. The summed E-state index contributed by atoms with van der Waals surface area (Å²) in [6.07, 6.45) is 12.7. The van der Waals surface area contributed by atoms with Gasteiger partial charge in [-0.25, -0.2) is 0 Å². The zero-order chi connectivity index (χ0) is 14.6. The molecule has 0 aromatic heterocycles. The lowest BCUT2D eigenvalue weighted by Crippen LogP contribution is -2.01. The van der Waals surface area contributed by atoms with Gasteiger partial charge in [0.05, 0.1) is 0 Å². The summed E-state index contributed by atoms with van der Waals surface area (Å²) in [6.45, 7) is 3.87. The standard InChI is InChI=1S/C19H28O/c1-17(16-18(2)20)12-8-5-3-4-6-9-13-19-14-10-7-11-15-19/h7,9-11,13-15,17H,3-6,8,12,16H2,1-2H3/b13-9+. The largest absolute Gasteiger partial charge is 0.300 e. The first-order valence-corrected chi connectivity index (χ1v) is 7.89. The third-order valence-corrected chi connectivity index (χ3v) is 3.56. The number of hydrogen-bond donors (Lipinski definition) is 0. The lowest BCUT2D eigenvalue weighted by molar-refractivity contribution is -0.117. The van der Waals surface area contributed by atoms with E-state index in [0.29, 0.717) is 11.7 Å². The Bertz CT molecular complexity index is 391. The fourth-order valence-electron chi connectivity index (χ4n) is 2.48. The van der Waals surface area contributed by atoms with Crippen LogP contribution in [0.4, 0.5) is 0 Å². The molecule has 0 spiro atoms. The zero-order valence-corrected chi connectivity index (χ0v) is 13.0. The maximum absolute atomic E-state index is 11.0. The first-order valence-electron chi connectivity index (χ1n) is 7.89. The van der Waals surface area contributed by atoms with Crippen molar-refractivity contribution in [1.82, 2.24) is 0 Å². The van der Waals surface area contributed by atoms with Gasteiger partial charge in [-0.1, -0.05) is 75.1 Å². The summed E-state index contributed by atoms with van der Waals surface area (Å²) in [6, 6.07) is 10.5. The van der Waals surface area contributed by atoms with Crippen LogP contribution in [0, 0.1) is 5.92 Å². The summed E-state index contributed by atoms with van der Waals surface area (Å²) < 4.78 is 0. The van der Waals surface area contributed by atoms with E-state index in [-0.39, 0.29) is 0 Å². The Morgan fingerprint density at radius 2 is 1.80 bits per heavy atom. The van der Waals surface area contributed by atoms with Crippen molar-refractivity contribution < 1.29 is 4.79 Å². The van der Waals surface area contributed by atoms with E-state index in [1.165, 1.54) is 37.7 Å². The van der Waals surface area contributed by atoms with E-state index in [1.807, 2.05) is 6.07 Å². The molecule has 0 amide bonds. The van der Waals surface area contributed by atoms with Crippen LogP contribution >= 0.6 is 0 Å². The molecule has 1 nitrogen and oxygen atoms in total. The minimum absolute atomic E-state index is 0.323. The molecule has 1 unspecified atom stereocenters. The summed E-state index contributed by atoms with van der Waals surface area (Å²) in [4.78, 5) is 11.0. The molecule has 0 saturated carbocycles. The quantitative estimate of drug-likeness (QED) is 0.502. The topological polar surface area (TPSA) is 17.1 Å². The normalized spacial score (nSPS) is 12.7. The smallest absolute Gasteiger partial charge is 0.130 e. The number of Topliss-reactive ketones (excluding diaryl/α,β-unsaturated/α-hetero) is 1. The number of carbonyl (C=O) groups is 1. The molecule has 1 aromatic rings. The van der Waals surface area contributed by atoms with Crippen molar-refractivity contribution in [1.29, 1.82) is 0 Å². The Labute approximate surface area is 124 Å². The Hall–Kier alpha value is -1.37. The molecule has 0 saturated heterocycles. The first kappa shape index (κ1) is 16.7. The van der Waals surface area contributed by atoms with Gasteiger partial charge in [0.2, 0.25) is 0 Å². The van der Waals surface area contributed by atoms with E-state index in [0.717, 1.165) is 12.8 Å². The monoisotopic (exact) mass is 272 g/mol. The number of benzene rings is 1. The Morgan fingerprint density at radius 3 is 2.50 bits per heavy atom. The second-order valence-electron chi connectivity index (χ2n) is 5.82. The minimum atomic E-state index is 0.323. The van der Waals surface area contributed by atoms with Crippen LogP contribution in [0.2, 0.25) is 0 Å². The van der Waals surface area contributed by atoms with Crippen LogP contribution in [-0.2, 0) is 4.79 Å². The third kappa shape index (κ3) is 8.68. The Balaban J connectivity index is 1.97. The van der Waals surface area contributed by atoms with Crippen molar-refractivity contribution in [3.05, 3.63) is 42.0 Å². The molecule has 1 rings (SSSR count). The molecule has 1 heteroatoms. The zero-order valence-electron chi connectivity index (χ0n) is 13.0.